The summed E-state index contributed by atoms with van der Waals surface area (Å²) in [6.45, 7) is 2.30. The summed E-state index contributed by atoms with van der Waals surface area (Å²) >= 11 is 0. The van der Waals surface area contributed by atoms with E-state index in [-0.39, 0.29) is 12.5 Å². The van der Waals surface area contributed by atoms with E-state index >= 15 is 0 Å². The average Bonchev–Trinajstić information content (AvgIpc) is 2.27. The van der Waals surface area contributed by atoms with Gasteiger partial charge in [0, 0.05) is 17.9 Å². The Kier molecular flexibility index (Phi) is 4.80. The van der Waals surface area contributed by atoms with Gasteiger partial charge >= 0.3 is 6.03 Å². The second-order valence-electron chi connectivity index (χ2n) is 3.39. The molecular formula is C11H16N4O2. The van der Waals surface area contributed by atoms with Gasteiger partial charge in [0.25, 0.3) is 0 Å². The number of nitrogen functional groups attached to an aromatic ring is 1. The molecule has 1 aromatic rings. The molecule has 0 aliphatic heterocycles. The molecule has 92 valence electrons. The predicted molar refractivity (Wildman–Crippen MR) is 66.6 cm³/mol. The van der Waals surface area contributed by atoms with Crippen LogP contribution in [0.3, 0.4) is 0 Å². The number of rotatable bonds is 4. The number of carbonyl (C=O) groups excluding carboxylic acids is 2. The van der Waals surface area contributed by atoms with Crippen molar-refractivity contribution in [2.75, 3.05) is 24.1 Å². The first-order chi connectivity index (χ1) is 8.11. The molecule has 6 heteroatoms. The normalized spacial score (nSPS) is 9.47. The molecule has 0 saturated heterocycles. The molecular weight excluding hydrogens is 220 g/mol. The largest absolute Gasteiger partial charge is 0.399 e. The SMILES string of the molecule is CCNC(=O)CNC(=O)Nc1cccc(N)c1. The molecule has 0 radical (unpaired) electrons. The summed E-state index contributed by atoms with van der Waals surface area (Å²) in [4.78, 5) is 22.5. The molecule has 0 aliphatic carbocycles. The lowest BCUT2D eigenvalue weighted by Gasteiger charge is -2.07. The van der Waals surface area contributed by atoms with Gasteiger partial charge in [-0.3, -0.25) is 4.79 Å². The number of nitrogens with one attached hydrogen (secondary N) is 3. The summed E-state index contributed by atoms with van der Waals surface area (Å²) < 4.78 is 0. The molecule has 0 bridgehead atoms. The number of carbonyl (C=O) groups is 2. The minimum absolute atomic E-state index is 0.0536. The summed E-state index contributed by atoms with van der Waals surface area (Å²) in [5, 5.41) is 7.57. The summed E-state index contributed by atoms with van der Waals surface area (Å²) in [6, 6.07) is 6.35. The zero-order valence-corrected chi connectivity index (χ0v) is 9.62. The van der Waals surface area contributed by atoms with Gasteiger partial charge in [-0.2, -0.15) is 0 Å². The third kappa shape index (κ3) is 4.87. The van der Waals surface area contributed by atoms with Crippen LogP contribution in [0.5, 0.6) is 0 Å². The first-order valence-electron chi connectivity index (χ1n) is 5.29. The van der Waals surface area contributed by atoms with Gasteiger partial charge < -0.3 is 21.7 Å². The lowest BCUT2D eigenvalue weighted by molar-refractivity contribution is -0.119. The monoisotopic (exact) mass is 236 g/mol. The quantitative estimate of drug-likeness (QED) is 0.574. The van der Waals surface area contributed by atoms with E-state index in [2.05, 4.69) is 16.0 Å². The van der Waals surface area contributed by atoms with Gasteiger partial charge in [0.2, 0.25) is 5.91 Å². The van der Waals surface area contributed by atoms with Crippen molar-refractivity contribution in [3.8, 4) is 0 Å². The Balaban J connectivity index is 2.37. The van der Waals surface area contributed by atoms with Gasteiger partial charge in [-0.15, -0.1) is 0 Å². The highest BCUT2D eigenvalue weighted by molar-refractivity contribution is 5.92. The van der Waals surface area contributed by atoms with E-state index in [0.29, 0.717) is 17.9 Å². The summed E-state index contributed by atoms with van der Waals surface area (Å²) in [6.07, 6.45) is 0. The van der Waals surface area contributed by atoms with Gasteiger partial charge in [0.1, 0.15) is 0 Å². The summed E-state index contributed by atoms with van der Waals surface area (Å²) in [5.74, 6) is -0.227. The van der Waals surface area contributed by atoms with Gasteiger partial charge in [-0.05, 0) is 25.1 Å². The van der Waals surface area contributed by atoms with Crippen LogP contribution in [0, 0.1) is 0 Å². The highest BCUT2D eigenvalue weighted by Gasteiger charge is 2.04. The fraction of sp³-hybridized carbons (Fsp3) is 0.273. The first kappa shape index (κ1) is 12.8. The van der Waals surface area contributed by atoms with E-state index in [1.807, 2.05) is 6.92 Å². The van der Waals surface area contributed by atoms with Crippen molar-refractivity contribution in [1.82, 2.24) is 10.6 Å². The molecule has 0 aliphatic rings. The number of amides is 3. The number of benzene rings is 1. The zero-order chi connectivity index (χ0) is 12.7. The van der Waals surface area contributed by atoms with E-state index in [0.717, 1.165) is 0 Å². The number of urea groups is 1. The van der Waals surface area contributed by atoms with Crippen molar-refractivity contribution in [2.24, 2.45) is 0 Å². The second-order valence-corrected chi connectivity index (χ2v) is 3.39. The Morgan fingerprint density at radius 2 is 2.06 bits per heavy atom. The molecule has 1 aromatic carbocycles. The Morgan fingerprint density at radius 1 is 1.29 bits per heavy atom. The maximum atomic E-state index is 11.4. The van der Waals surface area contributed by atoms with Crippen LogP contribution in [0.2, 0.25) is 0 Å². The van der Waals surface area contributed by atoms with Crippen molar-refractivity contribution < 1.29 is 9.59 Å². The number of likely N-dealkylation sites (N-methyl/N-ethyl adjacent to an activating group) is 1. The lowest BCUT2D eigenvalue weighted by atomic mass is 10.3. The maximum absolute atomic E-state index is 11.4. The molecule has 0 unspecified atom stereocenters. The highest BCUT2D eigenvalue weighted by Crippen LogP contribution is 2.11. The highest BCUT2D eigenvalue weighted by atomic mass is 16.2. The van der Waals surface area contributed by atoms with Crippen LogP contribution in [-0.2, 0) is 4.79 Å². The third-order valence-corrected chi connectivity index (χ3v) is 1.93. The maximum Gasteiger partial charge on any atom is 0.319 e. The van der Waals surface area contributed by atoms with Crippen LogP contribution in [-0.4, -0.2) is 25.0 Å². The molecule has 0 fully saturated rings. The number of anilines is 2. The molecule has 0 atom stereocenters. The number of hydrogen-bond acceptors (Lipinski definition) is 3. The van der Waals surface area contributed by atoms with Gasteiger partial charge in [-0.25, -0.2) is 4.79 Å². The van der Waals surface area contributed by atoms with Crippen molar-refractivity contribution in [1.29, 1.82) is 0 Å². The van der Waals surface area contributed by atoms with Crippen LogP contribution < -0.4 is 21.7 Å². The van der Waals surface area contributed by atoms with Gasteiger partial charge in [0.15, 0.2) is 0 Å². The van der Waals surface area contributed by atoms with Crippen molar-refractivity contribution in [3.63, 3.8) is 0 Å². The zero-order valence-electron chi connectivity index (χ0n) is 9.62. The number of nitrogens with two attached hydrogens (primary N) is 1. The Hall–Kier alpha value is -2.24. The Bertz CT molecular complexity index is 406. The summed E-state index contributed by atoms with van der Waals surface area (Å²) in [5.41, 5.74) is 6.70. The molecule has 0 saturated carbocycles. The van der Waals surface area contributed by atoms with E-state index in [9.17, 15) is 9.59 Å². The van der Waals surface area contributed by atoms with Gasteiger partial charge in [0.05, 0.1) is 6.54 Å². The van der Waals surface area contributed by atoms with Crippen LogP contribution in [0.4, 0.5) is 16.2 Å². The molecule has 17 heavy (non-hydrogen) atoms. The third-order valence-electron chi connectivity index (χ3n) is 1.93. The Labute approximate surface area is 99.6 Å². The molecule has 5 N–H and O–H groups in total. The van der Waals surface area contributed by atoms with Crippen LogP contribution in [0.1, 0.15) is 6.92 Å². The first-order valence-corrected chi connectivity index (χ1v) is 5.29. The van der Waals surface area contributed by atoms with Gasteiger partial charge in [-0.1, -0.05) is 6.07 Å². The van der Waals surface area contributed by atoms with Crippen LogP contribution >= 0.6 is 0 Å². The van der Waals surface area contributed by atoms with Crippen LogP contribution in [0.15, 0.2) is 24.3 Å². The Morgan fingerprint density at radius 3 is 2.71 bits per heavy atom. The van der Waals surface area contributed by atoms with E-state index in [1.54, 1.807) is 24.3 Å². The van der Waals surface area contributed by atoms with Crippen molar-refractivity contribution in [2.45, 2.75) is 6.92 Å². The molecule has 3 amide bonds. The smallest absolute Gasteiger partial charge is 0.319 e. The van der Waals surface area contributed by atoms with Crippen LogP contribution in [0.25, 0.3) is 0 Å². The molecule has 1 rings (SSSR count). The molecule has 0 spiro atoms. The standard InChI is InChI=1S/C11H16N4O2/c1-2-13-10(16)7-14-11(17)15-9-5-3-4-8(12)6-9/h3-6H,2,7,12H2,1H3,(H,13,16)(H2,14,15,17). The van der Waals surface area contributed by atoms with E-state index < -0.39 is 6.03 Å². The summed E-state index contributed by atoms with van der Waals surface area (Å²) in [7, 11) is 0. The van der Waals surface area contributed by atoms with E-state index in [1.165, 1.54) is 0 Å². The lowest BCUT2D eigenvalue weighted by Crippen LogP contribution is -2.38. The average molecular weight is 236 g/mol. The van der Waals surface area contributed by atoms with E-state index in [4.69, 9.17) is 5.73 Å². The topological polar surface area (TPSA) is 96.2 Å². The molecule has 6 nitrogen and oxygen atoms in total. The number of hydrogen-bond donors (Lipinski definition) is 4. The fourth-order valence-electron chi connectivity index (χ4n) is 1.21. The van der Waals surface area contributed by atoms with Crippen molar-refractivity contribution in [3.05, 3.63) is 24.3 Å². The minimum atomic E-state index is -0.443. The second kappa shape index (κ2) is 6.37. The minimum Gasteiger partial charge on any atom is -0.399 e. The molecule has 0 aromatic heterocycles. The van der Waals surface area contributed by atoms with Crippen molar-refractivity contribution >= 4 is 23.3 Å². The fourth-order valence-corrected chi connectivity index (χ4v) is 1.21. The molecule has 0 heterocycles. The predicted octanol–water partition coefficient (Wildman–Crippen LogP) is 0.526.